The van der Waals surface area contributed by atoms with Gasteiger partial charge in [0.25, 0.3) is 0 Å². The summed E-state index contributed by atoms with van der Waals surface area (Å²) in [4.78, 5) is 27.8. The molecule has 1 aliphatic carbocycles. The molecule has 0 spiro atoms. The standard InChI is InChI=1S/C33H46N2O3/c1-24-8-7-22-35(24)23-18-25-9-11-26(12-10-25)27-13-15-28(16-14-27)33(19-5-6-20-33)31(38)34-21-17-29(30(36)37)32(2,3)4/h9-16,24,29H,5-8,17-23H2,1-4H3,(H,34,38)(H,36,37)/t24?,29-/m0/s1. The molecule has 2 N–H and O–H groups in total. The van der Waals surface area contributed by atoms with Gasteiger partial charge in [0.15, 0.2) is 0 Å². The molecule has 4 rings (SSSR count). The average molecular weight is 519 g/mol. The maximum Gasteiger partial charge on any atom is 0.307 e. The number of hydrogen-bond donors (Lipinski definition) is 2. The lowest BCUT2D eigenvalue weighted by Crippen LogP contribution is -2.44. The van der Waals surface area contributed by atoms with Crippen LogP contribution in [0.1, 0.15) is 83.8 Å². The highest BCUT2D eigenvalue weighted by Gasteiger charge is 2.42. The highest BCUT2D eigenvalue weighted by molar-refractivity contribution is 5.89. The number of aliphatic carboxylic acids is 1. The molecule has 2 aromatic carbocycles. The average Bonchev–Trinajstić information content (AvgIpc) is 3.55. The molecule has 2 aliphatic rings. The molecule has 1 heterocycles. The Balaban J connectivity index is 1.39. The molecule has 0 radical (unpaired) electrons. The van der Waals surface area contributed by atoms with Gasteiger partial charge in [-0.3, -0.25) is 9.59 Å². The lowest BCUT2D eigenvalue weighted by molar-refractivity contribution is -0.146. The maximum absolute atomic E-state index is 13.5. The van der Waals surface area contributed by atoms with E-state index in [-0.39, 0.29) is 11.3 Å². The SMILES string of the molecule is CC1CCCN1CCc1ccc(-c2ccc(C3(C(=O)NCC[C@@H](C(=O)O)C(C)(C)C)CCCC3)cc2)cc1. The van der Waals surface area contributed by atoms with Crippen LogP contribution in [0.2, 0.25) is 0 Å². The number of likely N-dealkylation sites (tertiary alicyclic amines) is 1. The van der Waals surface area contributed by atoms with E-state index in [0.717, 1.165) is 49.8 Å². The lowest BCUT2D eigenvalue weighted by atomic mass is 9.77. The molecule has 1 saturated heterocycles. The summed E-state index contributed by atoms with van der Waals surface area (Å²) in [7, 11) is 0. The third-order valence-electron chi connectivity index (χ3n) is 9.06. The first-order chi connectivity index (χ1) is 18.1. The first kappa shape index (κ1) is 28.4. The molecule has 38 heavy (non-hydrogen) atoms. The van der Waals surface area contributed by atoms with Gasteiger partial charge in [0.05, 0.1) is 11.3 Å². The fourth-order valence-corrected chi connectivity index (χ4v) is 6.49. The largest absolute Gasteiger partial charge is 0.481 e. The van der Waals surface area contributed by atoms with Crippen molar-refractivity contribution in [3.63, 3.8) is 0 Å². The van der Waals surface area contributed by atoms with Crippen LogP contribution in [-0.4, -0.2) is 47.6 Å². The number of nitrogens with one attached hydrogen (secondary N) is 1. The van der Waals surface area contributed by atoms with Crippen LogP contribution < -0.4 is 5.32 Å². The van der Waals surface area contributed by atoms with Crippen LogP contribution in [0.15, 0.2) is 48.5 Å². The van der Waals surface area contributed by atoms with Crippen LogP contribution in [0.4, 0.5) is 0 Å². The number of carbonyl (C=O) groups is 2. The Bertz CT molecular complexity index is 1080. The number of nitrogens with zero attached hydrogens (tertiary/aromatic N) is 1. The number of amides is 1. The van der Waals surface area contributed by atoms with E-state index < -0.39 is 17.3 Å². The molecular weight excluding hydrogens is 472 g/mol. The maximum atomic E-state index is 13.5. The van der Waals surface area contributed by atoms with Crippen LogP contribution in [0.3, 0.4) is 0 Å². The minimum atomic E-state index is -0.799. The molecular formula is C33H46N2O3. The van der Waals surface area contributed by atoms with Crippen molar-refractivity contribution in [2.24, 2.45) is 11.3 Å². The molecule has 0 bridgehead atoms. The second kappa shape index (κ2) is 12.0. The van der Waals surface area contributed by atoms with Gasteiger partial charge in [0.2, 0.25) is 5.91 Å². The van der Waals surface area contributed by atoms with Gasteiger partial charge in [-0.1, -0.05) is 82.1 Å². The van der Waals surface area contributed by atoms with Crippen molar-refractivity contribution in [2.45, 2.75) is 90.5 Å². The first-order valence-corrected chi connectivity index (χ1v) is 14.6. The Hall–Kier alpha value is -2.66. The lowest BCUT2D eigenvalue weighted by Gasteiger charge is -2.30. The van der Waals surface area contributed by atoms with Crippen molar-refractivity contribution >= 4 is 11.9 Å². The number of carbonyl (C=O) groups excluding carboxylic acids is 1. The van der Waals surface area contributed by atoms with E-state index in [1.165, 1.54) is 30.5 Å². The number of rotatable bonds is 10. The van der Waals surface area contributed by atoms with Crippen molar-refractivity contribution in [1.29, 1.82) is 0 Å². The Kier molecular flexibility index (Phi) is 8.97. The molecule has 0 aromatic heterocycles. The number of hydrogen-bond acceptors (Lipinski definition) is 3. The minimum Gasteiger partial charge on any atom is -0.481 e. The summed E-state index contributed by atoms with van der Waals surface area (Å²) in [5, 5.41) is 12.7. The van der Waals surface area contributed by atoms with Gasteiger partial charge in [-0.25, -0.2) is 0 Å². The first-order valence-electron chi connectivity index (χ1n) is 14.6. The van der Waals surface area contributed by atoms with E-state index >= 15 is 0 Å². The summed E-state index contributed by atoms with van der Waals surface area (Å²) in [5.74, 6) is -1.25. The Morgan fingerprint density at radius 2 is 1.61 bits per heavy atom. The smallest absolute Gasteiger partial charge is 0.307 e. The number of benzene rings is 2. The normalized spacial score (nSPS) is 20.4. The minimum absolute atomic E-state index is 0.0393. The van der Waals surface area contributed by atoms with Gasteiger partial charge in [-0.15, -0.1) is 0 Å². The second-order valence-electron chi connectivity index (χ2n) is 12.6. The van der Waals surface area contributed by atoms with E-state index in [2.05, 4.69) is 65.7 Å². The Morgan fingerprint density at radius 3 is 2.13 bits per heavy atom. The molecule has 1 aliphatic heterocycles. The van der Waals surface area contributed by atoms with E-state index in [9.17, 15) is 14.7 Å². The van der Waals surface area contributed by atoms with E-state index in [1.54, 1.807) is 0 Å². The summed E-state index contributed by atoms with van der Waals surface area (Å²) in [6, 6.07) is 18.2. The topological polar surface area (TPSA) is 69.6 Å². The highest BCUT2D eigenvalue weighted by Crippen LogP contribution is 2.42. The molecule has 2 atom stereocenters. The zero-order valence-corrected chi connectivity index (χ0v) is 23.8. The van der Waals surface area contributed by atoms with Crippen molar-refractivity contribution < 1.29 is 14.7 Å². The third-order valence-corrected chi connectivity index (χ3v) is 9.06. The molecule has 1 unspecified atom stereocenters. The molecule has 5 nitrogen and oxygen atoms in total. The number of carboxylic acid groups (broad SMARTS) is 1. The zero-order chi connectivity index (χ0) is 27.3. The monoisotopic (exact) mass is 518 g/mol. The van der Waals surface area contributed by atoms with Gasteiger partial charge in [0, 0.05) is 19.1 Å². The van der Waals surface area contributed by atoms with Gasteiger partial charge >= 0.3 is 5.97 Å². The highest BCUT2D eigenvalue weighted by atomic mass is 16.4. The van der Waals surface area contributed by atoms with Crippen LogP contribution in [0.5, 0.6) is 0 Å². The van der Waals surface area contributed by atoms with Crippen molar-refractivity contribution in [1.82, 2.24) is 10.2 Å². The quantitative estimate of drug-likeness (QED) is 0.379. The second-order valence-corrected chi connectivity index (χ2v) is 12.6. The van der Waals surface area contributed by atoms with Crippen molar-refractivity contribution in [3.05, 3.63) is 59.7 Å². The van der Waals surface area contributed by atoms with Crippen LogP contribution in [0, 0.1) is 11.3 Å². The third kappa shape index (κ3) is 6.48. The summed E-state index contributed by atoms with van der Waals surface area (Å²) in [6.07, 6.45) is 7.91. The molecule has 1 amide bonds. The van der Waals surface area contributed by atoms with Crippen LogP contribution in [0.25, 0.3) is 11.1 Å². The molecule has 2 aromatic rings. The van der Waals surface area contributed by atoms with E-state index in [4.69, 9.17) is 0 Å². The van der Waals surface area contributed by atoms with Crippen molar-refractivity contribution in [2.75, 3.05) is 19.6 Å². The fourth-order valence-electron chi connectivity index (χ4n) is 6.49. The Morgan fingerprint density at radius 1 is 1.00 bits per heavy atom. The summed E-state index contributed by atoms with van der Waals surface area (Å²) < 4.78 is 0. The van der Waals surface area contributed by atoms with E-state index in [1.807, 2.05) is 20.8 Å². The molecule has 206 valence electrons. The van der Waals surface area contributed by atoms with Gasteiger partial charge < -0.3 is 15.3 Å². The predicted molar refractivity (Wildman–Crippen MR) is 154 cm³/mol. The zero-order valence-electron chi connectivity index (χ0n) is 23.8. The van der Waals surface area contributed by atoms with Gasteiger partial charge in [-0.2, -0.15) is 0 Å². The van der Waals surface area contributed by atoms with Crippen LogP contribution in [-0.2, 0) is 21.4 Å². The number of carboxylic acids is 1. The van der Waals surface area contributed by atoms with Crippen molar-refractivity contribution in [3.8, 4) is 11.1 Å². The fraction of sp³-hybridized carbons (Fsp3) is 0.576. The predicted octanol–water partition coefficient (Wildman–Crippen LogP) is 6.45. The van der Waals surface area contributed by atoms with Gasteiger partial charge in [0.1, 0.15) is 0 Å². The summed E-state index contributed by atoms with van der Waals surface area (Å²) in [6.45, 7) is 10.9. The Labute approximate surface area is 229 Å². The molecule has 5 heteroatoms. The van der Waals surface area contributed by atoms with Crippen LogP contribution >= 0.6 is 0 Å². The summed E-state index contributed by atoms with van der Waals surface area (Å²) in [5.41, 5.74) is 3.94. The molecule has 1 saturated carbocycles. The van der Waals surface area contributed by atoms with Gasteiger partial charge in [-0.05, 0) is 79.7 Å². The summed E-state index contributed by atoms with van der Waals surface area (Å²) >= 11 is 0. The van der Waals surface area contributed by atoms with E-state index in [0.29, 0.717) is 19.0 Å². The molecule has 2 fully saturated rings.